The Bertz CT molecular complexity index is 1470. The van der Waals surface area contributed by atoms with Crippen LogP contribution in [0.5, 0.6) is 0 Å². The topological polar surface area (TPSA) is 85.1 Å². The van der Waals surface area contributed by atoms with Crippen molar-refractivity contribution < 1.29 is 9.59 Å². The van der Waals surface area contributed by atoms with E-state index in [4.69, 9.17) is 0 Å². The van der Waals surface area contributed by atoms with Crippen molar-refractivity contribution in [2.24, 2.45) is 7.05 Å². The van der Waals surface area contributed by atoms with Gasteiger partial charge in [0.2, 0.25) is 5.91 Å². The summed E-state index contributed by atoms with van der Waals surface area (Å²) >= 11 is 1.35. The van der Waals surface area contributed by atoms with Gasteiger partial charge in [-0.05, 0) is 63.2 Å². The third-order valence-electron chi connectivity index (χ3n) is 5.86. The number of carbonyl (C=O) groups is 2. The van der Waals surface area contributed by atoms with Gasteiger partial charge in [0.05, 0.1) is 16.6 Å². The van der Waals surface area contributed by atoms with Crippen LogP contribution in [0.15, 0.2) is 88.6 Å². The fourth-order valence-electron chi connectivity index (χ4n) is 3.83. The highest BCUT2D eigenvalue weighted by Gasteiger charge is 2.21. The molecular formula is C28H28N4O3S. The summed E-state index contributed by atoms with van der Waals surface area (Å²) < 4.78 is 3.26. The summed E-state index contributed by atoms with van der Waals surface area (Å²) in [7, 11) is 1.79. The molecule has 0 fully saturated rings. The molecule has 1 heterocycles. The van der Waals surface area contributed by atoms with Gasteiger partial charge in [-0.3, -0.25) is 19.1 Å². The van der Waals surface area contributed by atoms with Gasteiger partial charge in [0.1, 0.15) is 5.69 Å². The number of nitrogens with one attached hydrogen (secondary N) is 2. The third kappa shape index (κ3) is 5.44. The SMILES string of the molecule is Cc1cccc(C(=O)Nc2cccc(SC(C)C(=O)Nc3c(C)n(C)n(-c4ccccc4)c3=O)c2)c1. The molecule has 2 N–H and O–H groups in total. The Morgan fingerprint density at radius 3 is 2.33 bits per heavy atom. The molecule has 0 saturated carbocycles. The van der Waals surface area contributed by atoms with E-state index in [2.05, 4.69) is 10.6 Å². The van der Waals surface area contributed by atoms with Crippen molar-refractivity contribution in [1.29, 1.82) is 0 Å². The lowest BCUT2D eigenvalue weighted by molar-refractivity contribution is -0.115. The molecule has 2 amide bonds. The van der Waals surface area contributed by atoms with Gasteiger partial charge in [-0.1, -0.05) is 42.0 Å². The van der Waals surface area contributed by atoms with Gasteiger partial charge < -0.3 is 10.6 Å². The number of aromatic nitrogens is 2. The highest BCUT2D eigenvalue weighted by molar-refractivity contribution is 8.00. The summed E-state index contributed by atoms with van der Waals surface area (Å²) in [5.74, 6) is -0.471. The lowest BCUT2D eigenvalue weighted by Gasteiger charge is -2.13. The summed E-state index contributed by atoms with van der Waals surface area (Å²) in [4.78, 5) is 39.5. The summed E-state index contributed by atoms with van der Waals surface area (Å²) in [6.07, 6.45) is 0. The molecule has 0 aliphatic heterocycles. The Morgan fingerprint density at radius 2 is 1.61 bits per heavy atom. The third-order valence-corrected chi connectivity index (χ3v) is 6.95. The van der Waals surface area contributed by atoms with Gasteiger partial charge in [-0.15, -0.1) is 11.8 Å². The maximum atomic E-state index is 13.1. The fraction of sp³-hybridized carbons (Fsp3) is 0.179. The zero-order chi connectivity index (χ0) is 25.8. The van der Waals surface area contributed by atoms with Crippen molar-refractivity contribution in [3.63, 3.8) is 0 Å². The smallest absolute Gasteiger partial charge is 0.295 e. The quantitative estimate of drug-likeness (QED) is 0.343. The maximum absolute atomic E-state index is 13.1. The van der Waals surface area contributed by atoms with Gasteiger partial charge in [0, 0.05) is 23.2 Å². The van der Waals surface area contributed by atoms with Crippen LogP contribution in [0.2, 0.25) is 0 Å². The summed E-state index contributed by atoms with van der Waals surface area (Å²) in [6, 6.07) is 24.0. The zero-order valence-electron chi connectivity index (χ0n) is 20.6. The number of thioether (sulfide) groups is 1. The van der Waals surface area contributed by atoms with Crippen LogP contribution in [0, 0.1) is 13.8 Å². The second-order valence-electron chi connectivity index (χ2n) is 8.54. The van der Waals surface area contributed by atoms with Crippen LogP contribution in [0.3, 0.4) is 0 Å². The molecule has 0 saturated heterocycles. The largest absolute Gasteiger partial charge is 0.322 e. The van der Waals surface area contributed by atoms with E-state index in [9.17, 15) is 14.4 Å². The van der Waals surface area contributed by atoms with Gasteiger partial charge >= 0.3 is 0 Å². The predicted octanol–water partition coefficient (Wildman–Crippen LogP) is 5.16. The van der Waals surface area contributed by atoms with E-state index >= 15 is 0 Å². The van der Waals surface area contributed by atoms with E-state index in [1.807, 2.05) is 79.7 Å². The van der Waals surface area contributed by atoms with Crippen LogP contribution >= 0.6 is 11.8 Å². The molecule has 7 nitrogen and oxygen atoms in total. The van der Waals surface area contributed by atoms with Gasteiger partial charge in [0.25, 0.3) is 11.5 Å². The van der Waals surface area contributed by atoms with E-state index in [1.165, 1.54) is 16.4 Å². The van der Waals surface area contributed by atoms with Crippen LogP contribution in [0.4, 0.5) is 11.4 Å². The minimum atomic E-state index is -0.475. The van der Waals surface area contributed by atoms with Gasteiger partial charge in [-0.25, -0.2) is 4.68 Å². The maximum Gasteiger partial charge on any atom is 0.295 e. The van der Waals surface area contributed by atoms with E-state index in [1.54, 1.807) is 31.6 Å². The summed E-state index contributed by atoms with van der Waals surface area (Å²) in [5.41, 5.74) is 3.60. The van der Waals surface area contributed by atoms with E-state index in [0.717, 1.165) is 16.1 Å². The van der Waals surface area contributed by atoms with Crippen molar-refractivity contribution >= 4 is 35.0 Å². The number of aryl methyl sites for hydroxylation is 1. The number of amides is 2. The molecular weight excluding hydrogens is 472 g/mol. The average molecular weight is 501 g/mol. The number of hydrogen-bond donors (Lipinski definition) is 2. The van der Waals surface area contributed by atoms with Crippen LogP contribution in [-0.4, -0.2) is 26.4 Å². The second kappa shape index (κ2) is 10.7. The first-order valence-electron chi connectivity index (χ1n) is 11.5. The van der Waals surface area contributed by atoms with Crippen LogP contribution in [0.1, 0.15) is 28.5 Å². The van der Waals surface area contributed by atoms with Crippen molar-refractivity contribution in [2.45, 2.75) is 30.9 Å². The average Bonchev–Trinajstić information content (AvgIpc) is 3.07. The highest BCUT2D eigenvalue weighted by Crippen LogP contribution is 2.27. The summed E-state index contributed by atoms with van der Waals surface area (Å²) in [6.45, 7) is 5.52. The molecule has 0 radical (unpaired) electrons. The lowest BCUT2D eigenvalue weighted by atomic mass is 10.1. The Balaban J connectivity index is 1.45. The van der Waals surface area contributed by atoms with E-state index in [-0.39, 0.29) is 23.1 Å². The number of nitrogens with zero attached hydrogens (tertiary/aromatic N) is 2. The summed E-state index contributed by atoms with van der Waals surface area (Å²) in [5, 5.41) is 5.25. The first kappa shape index (κ1) is 25.1. The van der Waals surface area contributed by atoms with Gasteiger partial charge in [-0.2, -0.15) is 0 Å². The van der Waals surface area contributed by atoms with E-state index in [0.29, 0.717) is 16.9 Å². The molecule has 36 heavy (non-hydrogen) atoms. The minimum absolute atomic E-state index is 0.194. The molecule has 0 bridgehead atoms. The lowest BCUT2D eigenvalue weighted by Crippen LogP contribution is -2.27. The Labute approximate surface area is 214 Å². The molecule has 8 heteroatoms. The minimum Gasteiger partial charge on any atom is -0.322 e. The standard InChI is InChI=1S/C28H28N4O3S/c1-18-10-8-11-21(16-18)27(34)29-22-12-9-15-24(17-22)36-20(3)26(33)30-25-19(2)31(4)32(28(25)35)23-13-6-5-7-14-23/h5-17,20H,1-4H3,(H,29,34)(H,30,33). The molecule has 4 aromatic rings. The van der Waals surface area contributed by atoms with Crippen LogP contribution < -0.4 is 16.2 Å². The molecule has 184 valence electrons. The Morgan fingerprint density at radius 1 is 0.889 bits per heavy atom. The number of carbonyl (C=O) groups excluding carboxylic acids is 2. The molecule has 1 atom stereocenters. The number of hydrogen-bond acceptors (Lipinski definition) is 4. The molecule has 4 rings (SSSR count). The first-order chi connectivity index (χ1) is 17.2. The molecule has 0 aliphatic rings. The molecule has 3 aromatic carbocycles. The zero-order valence-corrected chi connectivity index (χ0v) is 21.4. The van der Waals surface area contributed by atoms with Crippen molar-refractivity contribution in [2.75, 3.05) is 10.6 Å². The predicted molar refractivity (Wildman–Crippen MR) is 145 cm³/mol. The number of anilines is 2. The first-order valence-corrected chi connectivity index (χ1v) is 12.4. The molecule has 1 aromatic heterocycles. The normalized spacial score (nSPS) is 11.7. The molecule has 1 unspecified atom stereocenters. The monoisotopic (exact) mass is 500 g/mol. The van der Waals surface area contributed by atoms with Gasteiger partial charge in [0.15, 0.2) is 0 Å². The fourth-order valence-corrected chi connectivity index (χ4v) is 4.76. The number of rotatable bonds is 7. The van der Waals surface area contributed by atoms with Crippen molar-refractivity contribution in [1.82, 2.24) is 9.36 Å². The van der Waals surface area contributed by atoms with Crippen molar-refractivity contribution in [3.8, 4) is 5.69 Å². The molecule has 0 aliphatic carbocycles. The van der Waals surface area contributed by atoms with Crippen LogP contribution in [-0.2, 0) is 11.8 Å². The highest BCUT2D eigenvalue weighted by atomic mass is 32.2. The molecule has 0 spiro atoms. The Kier molecular flexibility index (Phi) is 7.45. The van der Waals surface area contributed by atoms with Crippen molar-refractivity contribution in [3.05, 3.63) is 106 Å². The Hall–Kier alpha value is -4.04. The van der Waals surface area contributed by atoms with Crippen LogP contribution in [0.25, 0.3) is 5.69 Å². The number of para-hydroxylation sites is 1. The number of benzene rings is 3. The van der Waals surface area contributed by atoms with E-state index < -0.39 is 5.25 Å². The second-order valence-corrected chi connectivity index (χ2v) is 9.95.